The van der Waals surface area contributed by atoms with Crippen LogP contribution in [0.2, 0.25) is 0 Å². The molecular formula is C15H14ClN5O. The van der Waals surface area contributed by atoms with Crippen molar-refractivity contribution in [1.82, 2.24) is 10.2 Å². The molecular weight excluding hydrogens is 302 g/mol. The van der Waals surface area contributed by atoms with Crippen molar-refractivity contribution in [3.8, 4) is 11.5 Å². The SMILES string of the molecule is Cl.N=C(N)c1ccc(Nc2nnc(-c3ccccc3)o2)cc1. The average Bonchev–Trinajstić information content (AvgIpc) is 2.97. The van der Waals surface area contributed by atoms with Crippen LogP contribution in [0, 0.1) is 5.41 Å². The van der Waals surface area contributed by atoms with Gasteiger partial charge in [-0.05, 0) is 36.4 Å². The zero-order valence-electron chi connectivity index (χ0n) is 11.5. The Morgan fingerprint density at radius 3 is 2.32 bits per heavy atom. The predicted molar refractivity (Wildman–Crippen MR) is 87.7 cm³/mol. The fourth-order valence-corrected chi connectivity index (χ4v) is 1.83. The molecule has 0 amide bonds. The number of rotatable bonds is 4. The van der Waals surface area contributed by atoms with Crippen LogP contribution in [0.15, 0.2) is 59.0 Å². The highest BCUT2D eigenvalue weighted by atomic mass is 35.5. The molecule has 0 aliphatic heterocycles. The number of aromatic nitrogens is 2. The lowest BCUT2D eigenvalue weighted by atomic mass is 10.2. The highest BCUT2D eigenvalue weighted by Gasteiger charge is 2.08. The molecule has 0 saturated carbocycles. The van der Waals surface area contributed by atoms with E-state index in [1.807, 2.05) is 30.3 Å². The van der Waals surface area contributed by atoms with Crippen molar-refractivity contribution < 1.29 is 4.42 Å². The molecule has 0 spiro atoms. The first-order valence-electron chi connectivity index (χ1n) is 6.33. The van der Waals surface area contributed by atoms with Crippen LogP contribution in [0.25, 0.3) is 11.5 Å². The molecule has 0 fully saturated rings. The molecule has 2 aromatic carbocycles. The lowest BCUT2D eigenvalue weighted by Gasteiger charge is -2.02. The van der Waals surface area contributed by atoms with E-state index in [4.69, 9.17) is 15.6 Å². The largest absolute Gasteiger partial charge is 0.403 e. The third-order valence-electron chi connectivity index (χ3n) is 2.89. The molecule has 0 aliphatic rings. The molecule has 0 radical (unpaired) electrons. The number of halogens is 1. The zero-order chi connectivity index (χ0) is 14.7. The van der Waals surface area contributed by atoms with Gasteiger partial charge in [0, 0.05) is 16.8 Å². The zero-order valence-corrected chi connectivity index (χ0v) is 12.3. The summed E-state index contributed by atoms with van der Waals surface area (Å²) in [5.41, 5.74) is 7.72. The average molecular weight is 316 g/mol. The molecule has 7 heteroatoms. The summed E-state index contributed by atoms with van der Waals surface area (Å²) in [6.45, 7) is 0. The summed E-state index contributed by atoms with van der Waals surface area (Å²) in [6, 6.07) is 16.9. The number of benzene rings is 2. The molecule has 1 aromatic heterocycles. The Kier molecular flexibility index (Phi) is 4.75. The highest BCUT2D eigenvalue weighted by Crippen LogP contribution is 2.21. The molecule has 112 valence electrons. The van der Waals surface area contributed by atoms with Crippen molar-refractivity contribution in [2.45, 2.75) is 0 Å². The van der Waals surface area contributed by atoms with Crippen LogP contribution in [0.3, 0.4) is 0 Å². The molecule has 0 aliphatic carbocycles. The number of amidine groups is 1. The van der Waals surface area contributed by atoms with Crippen LogP contribution in [0.5, 0.6) is 0 Å². The van der Waals surface area contributed by atoms with E-state index in [2.05, 4.69) is 15.5 Å². The van der Waals surface area contributed by atoms with Crippen molar-refractivity contribution in [1.29, 1.82) is 5.41 Å². The summed E-state index contributed by atoms with van der Waals surface area (Å²) in [5, 5.41) is 18.3. The molecule has 4 N–H and O–H groups in total. The molecule has 0 unspecified atom stereocenters. The van der Waals surface area contributed by atoms with Gasteiger partial charge in [-0.1, -0.05) is 23.3 Å². The van der Waals surface area contributed by atoms with E-state index in [1.165, 1.54) is 0 Å². The van der Waals surface area contributed by atoms with Crippen LogP contribution < -0.4 is 11.1 Å². The normalized spacial score (nSPS) is 9.82. The van der Waals surface area contributed by atoms with E-state index >= 15 is 0 Å². The fraction of sp³-hybridized carbons (Fsp3) is 0. The van der Waals surface area contributed by atoms with Crippen molar-refractivity contribution in [3.63, 3.8) is 0 Å². The van der Waals surface area contributed by atoms with Crippen LogP contribution in [-0.4, -0.2) is 16.0 Å². The molecule has 1 heterocycles. The predicted octanol–water partition coefficient (Wildman–Crippen LogP) is 3.19. The van der Waals surface area contributed by atoms with Gasteiger partial charge in [-0.2, -0.15) is 0 Å². The Morgan fingerprint density at radius 1 is 1.00 bits per heavy atom. The standard InChI is InChI=1S/C15H13N5O.ClH/c16-13(17)10-6-8-12(9-7-10)18-15-20-19-14(21-15)11-4-2-1-3-5-11;/h1-9H,(H3,16,17)(H,18,20);1H. The van der Waals surface area contributed by atoms with E-state index in [0.29, 0.717) is 17.5 Å². The van der Waals surface area contributed by atoms with Crippen molar-refractivity contribution in [2.75, 3.05) is 5.32 Å². The third-order valence-corrected chi connectivity index (χ3v) is 2.89. The van der Waals surface area contributed by atoms with Gasteiger partial charge in [-0.25, -0.2) is 0 Å². The van der Waals surface area contributed by atoms with Gasteiger partial charge in [0.2, 0.25) is 5.89 Å². The summed E-state index contributed by atoms with van der Waals surface area (Å²) in [5.74, 6) is 0.490. The van der Waals surface area contributed by atoms with Gasteiger partial charge in [0.05, 0.1) is 0 Å². The van der Waals surface area contributed by atoms with Crippen molar-refractivity contribution in [3.05, 3.63) is 60.2 Å². The Balaban J connectivity index is 0.00000176. The van der Waals surface area contributed by atoms with E-state index in [1.54, 1.807) is 24.3 Å². The second-order valence-corrected chi connectivity index (χ2v) is 4.39. The minimum Gasteiger partial charge on any atom is -0.403 e. The van der Waals surface area contributed by atoms with Gasteiger partial charge in [-0.3, -0.25) is 5.41 Å². The first-order chi connectivity index (χ1) is 10.2. The second-order valence-electron chi connectivity index (χ2n) is 4.39. The summed E-state index contributed by atoms with van der Waals surface area (Å²) < 4.78 is 5.55. The van der Waals surface area contributed by atoms with Gasteiger partial charge in [0.1, 0.15) is 5.84 Å². The lowest BCUT2D eigenvalue weighted by Crippen LogP contribution is -2.10. The number of anilines is 2. The smallest absolute Gasteiger partial charge is 0.320 e. The number of nitrogens with zero attached hydrogens (tertiary/aromatic N) is 2. The van der Waals surface area contributed by atoms with Crippen LogP contribution in [-0.2, 0) is 0 Å². The summed E-state index contributed by atoms with van der Waals surface area (Å²) >= 11 is 0. The molecule has 0 bridgehead atoms. The topological polar surface area (TPSA) is 101 Å². The van der Waals surface area contributed by atoms with Crippen LogP contribution in [0.4, 0.5) is 11.7 Å². The Hall–Kier alpha value is -2.86. The molecule has 0 saturated heterocycles. The van der Waals surface area contributed by atoms with Gasteiger partial charge >= 0.3 is 6.01 Å². The summed E-state index contributed by atoms with van der Waals surface area (Å²) in [7, 11) is 0. The molecule has 22 heavy (non-hydrogen) atoms. The summed E-state index contributed by atoms with van der Waals surface area (Å²) in [4.78, 5) is 0. The maximum atomic E-state index is 7.34. The van der Waals surface area contributed by atoms with Crippen molar-refractivity contribution >= 4 is 29.9 Å². The quantitative estimate of drug-likeness (QED) is 0.507. The maximum absolute atomic E-state index is 7.34. The fourth-order valence-electron chi connectivity index (χ4n) is 1.83. The number of nitrogens with two attached hydrogens (primary N) is 1. The Morgan fingerprint density at radius 2 is 1.68 bits per heavy atom. The minimum absolute atomic E-state index is 0. The van der Waals surface area contributed by atoms with Crippen LogP contribution >= 0.6 is 12.4 Å². The second kappa shape index (κ2) is 6.73. The first-order valence-corrected chi connectivity index (χ1v) is 6.33. The first kappa shape index (κ1) is 15.5. The number of hydrogen-bond acceptors (Lipinski definition) is 5. The van der Waals surface area contributed by atoms with E-state index in [-0.39, 0.29) is 18.2 Å². The molecule has 3 aromatic rings. The maximum Gasteiger partial charge on any atom is 0.320 e. The van der Waals surface area contributed by atoms with Gasteiger partial charge < -0.3 is 15.5 Å². The third kappa shape index (κ3) is 3.42. The lowest BCUT2D eigenvalue weighted by molar-refractivity contribution is 0.587. The van der Waals surface area contributed by atoms with Gasteiger partial charge in [0.15, 0.2) is 0 Å². The van der Waals surface area contributed by atoms with E-state index < -0.39 is 0 Å². The Bertz CT molecular complexity index is 755. The number of nitrogens with one attached hydrogen (secondary N) is 2. The molecule has 3 rings (SSSR count). The van der Waals surface area contributed by atoms with Crippen molar-refractivity contribution in [2.24, 2.45) is 5.73 Å². The van der Waals surface area contributed by atoms with Gasteiger partial charge in [0.25, 0.3) is 0 Å². The number of hydrogen-bond donors (Lipinski definition) is 3. The van der Waals surface area contributed by atoms with E-state index in [0.717, 1.165) is 11.3 Å². The van der Waals surface area contributed by atoms with Gasteiger partial charge in [-0.15, -0.1) is 17.5 Å². The number of nitrogen functional groups attached to an aromatic ring is 1. The monoisotopic (exact) mass is 315 g/mol. The minimum atomic E-state index is 0. The Labute approximate surface area is 133 Å². The highest BCUT2D eigenvalue weighted by molar-refractivity contribution is 5.95. The molecule has 0 atom stereocenters. The van der Waals surface area contributed by atoms with E-state index in [9.17, 15) is 0 Å². The summed E-state index contributed by atoms with van der Waals surface area (Å²) in [6.07, 6.45) is 0. The van der Waals surface area contributed by atoms with Crippen LogP contribution in [0.1, 0.15) is 5.56 Å². The molecule has 6 nitrogen and oxygen atoms in total.